The highest BCUT2D eigenvalue weighted by Gasteiger charge is 2.30. The number of benzene rings is 3. The Morgan fingerprint density at radius 2 is 1.66 bits per heavy atom. The average Bonchev–Trinajstić information content (AvgIpc) is 3.14. The molecule has 0 spiro atoms. The van der Waals surface area contributed by atoms with E-state index in [-0.39, 0.29) is 24.1 Å². The fourth-order valence-electron chi connectivity index (χ4n) is 4.55. The van der Waals surface area contributed by atoms with Crippen molar-refractivity contribution in [3.05, 3.63) is 77.9 Å². The van der Waals surface area contributed by atoms with E-state index in [1.807, 2.05) is 80.6 Å². The lowest BCUT2D eigenvalue weighted by Crippen LogP contribution is -2.48. The molecule has 1 N–H and O–H groups in total. The number of rotatable bonds is 10. The lowest BCUT2D eigenvalue weighted by atomic mass is 10.1. The molecule has 1 aliphatic rings. The third-order valence-electron chi connectivity index (χ3n) is 6.47. The monoisotopic (exact) mass is 471 g/mol. The molecule has 1 unspecified atom stereocenters. The van der Waals surface area contributed by atoms with Gasteiger partial charge in [0.2, 0.25) is 11.8 Å². The quantitative estimate of drug-likeness (QED) is 0.463. The molecule has 0 saturated heterocycles. The van der Waals surface area contributed by atoms with E-state index in [1.165, 1.54) is 0 Å². The normalized spacial score (nSPS) is 13.4. The van der Waals surface area contributed by atoms with Crippen LogP contribution in [0.15, 0.2) is 66.7 Å². The zero-order chi connectivity index (χ0) is 24.9. The minimum atomic E-state index is -0.590. The van der Waals surface area contributed by atoms with Gasteiger partial charge in [-0.1, -0.05) is 68.4 Å². The zero-order valence-electron chi connectivity index (χ0n) is 20.7. The molecule has 6 heteroatoms. The zero-order valence-corrected chi connectivity index (χ0v) is 20.7. The highest BCUT2D eigenvalue weighted by atomic mass is 16.2. The molecular weight excluding hydrogens is 438 g/mol. The van der Waals surface area contributed by atoms with Gasteiger partial charge in [-0.05, 0) is 42.3 Å². The summed E-state index contributed by atoms with van der Waals surface area (Å²) in [6.45, 7) is 7.24. The van der Waals surface area contributed by atoms with Gasteiger partial charge in [-0.2, -0.15) is 0 Å². The van der Waals surface area contributed by atoms with Crippen LogP contribution in [0, 0.1) is 5.92 Å². The smallest absolute Gasteiger partial charge is 0.258 e. The highest BCUT2D eigenvalue weighted by Crippen LogP contribution is 2.37. The van der Waals surface area contributed by atoms with Gasteiger partial charge < -0.3 is 15.1 Å². The van der Waals surface area contributed by atoms with Crippen LogP contribution < -0.4 is 10.2 Å². The van der Waals surface area contributed by atoms with Crippen LogP contribution in [0.4, 0.5) is 5.69 Å². The molecule has 3 aromatic rings. The number of anilines is 1. The van der Waals surface area contributed by atoms with E-state index < -0.39 is 6.04 Å². The van der Waals surface area contributed by atoms with Gasteiger partial charge >= 0.3 is 0 Å². The van der Waals surface area contributed by atoms with Gasteiger partial charge in [0.15, 0.2) is 0 Å². The summed E-state index contributed by atoms with van der Waals surface area (Å²) in [6, 6.07) is 20.8. The Hall–Kier alpha value is -3.67. The third-order valence-corrected chi connectivity index (χ3v) is 6.47. The molecule has 0 bridgehead atoms. The fraction of sp³-hybridized carbons (Fsp3) is 0.345. The van der Waals surface area contributed by atoms with Gasteiger partial charge in [-0.25, -0.2) is 0 Å². The molecule has 1 atom stereocenters. The van der Waals surface area contributed by atoms with Crippen molar-refractivity contribution in [2.24, 2.45) is 5.92 Å². The van der Waals surface area contributed by atoms with Crippen LogP contribution in [0.1, 0.15) is 49.5 Å². The van der Waals surface area contributed by atoms with E-state index in [4.69, 9.17) is 0 Å². The molecule has 35 heavy (non-hydrogen) atoms. The van der Waals surface area contributed by atoms with Crippen LogP contribution in [-0.4, -0.2) is 41.8 Å². The van der Waals surface area contributed by atoms with Crippen molar-refractivity contribution < 1.29 is 14.4 Å². The molecule has 3 aromatic carbocycles. The number of nitrogens with one attached hydrogen (secondary N) is 1. The topological polar surface area (TPSA) is 69.7 Å². The first-order valence-electron chi connectivity index (χ1n) is 12.3. The molecule has 0 fully saturated rings. The predicted molar refractivity (Wildman–Crippen MR) is 139 cm³/mol. The van der Waals surface area contributed by atoms with Crippen molar-refractivity contribution in [2.75, 3.05) is 18.0 Å². The highest BCUT2D eigenvalue weighted by molar-refractivity contribution is 6.25. The van der Waals surface area contributed by atoms with Gasteiger partial charge in [0, 0.05) is 37.0 Å². The maximum Gasteiger partial charge on any atom is 0.258 e. The summed E-state index contributed by atoms with van der Waals surface area (Å²) in [5, 5.41) is 4.97. The lowest BCUT2D eigenvalue weighted by Gasteiger charge is -2.29. The fourth-order valence-corrected chi connectivity index (χ4v) is 4.55. The van der Waals surface area contributed by atoms with Crippen LogP contribution in [-0.2, 0) is 16.1 Å². The van der Waals surface area contributed by atoms with Crippen LogP contribution >= 0.6 is 0 Å². The molecular formula is C29H33N3O3. The number of carbonyl (C=O) groups is 3. The largest absolute Gasteiger partial charge is 0.354 e. The minimum Gasteiger partial charge on any atom is -0.354 e. The van der Waals surface area contributed by atoms with Crippen molar-refractivity contribution in [3.63, 3.8) is 0 Å². The van der Waals surface area contributed by atoms with E-state index in [0.29, 0.717) is 37.5 Å². The van der Waals surface area contributed by atoms with Crippen molar-refractivity contribution >= 4 is 34.2 Å². The van der Waals surface area contributed by atoms with Crippen molar-refractivity contribution in [3.8, 4) is 0 Å². The van der Waals surface area contributed by atoms with E-state index in [9.17, 15) is 14.4 Å². The van der Waals surface area contributed by atoms with E-state index >= 15 is 0 Å². The molecule has 0 radical (unpaired) electrons. The summed E-state index contributed by atoms with van der Waals surface area (Å²) < 4.78 is 0. The van der Waals surface area contributed by atoms with Gasteiger partial charge in [-0.3, -0.25) is 14.4 Å². The second-order valence-corrected chi connectivity index (χ2v) is 9.56. The van der Waals surface area contributed by atoms with Gasteiger partial charge in [0.25, 0.3) is 5.91 Å². The maximum absolute atomic E-state index is 13.3. The molecule has 182 valence electrons. The van der Waals surface area contributed by atoms with Crippen LogP contribution in [0.5, 0.6) is 0 Å². The molecule has 0 saturated carbocycles. The second kappa shape index (κ2) is 10.7. The molecule has 0 aromatic heterocycles. The Morgan fingerprint density at radius 1 is 0.943 bits per heavy atom. The molecule has 0 aliphatic carbocycles. The summed E-state index contributed by atoms with van der Waals surface area (Å²) in [7, 11) is 0. The Labute approximate surface area is 206 Å². The van der Waals surface area contributed by atoms with Gasteiger partial charge in [0.05, 0.1) is 5.69 Å². The average molecular weight is 472 g/mol. The number of amides is 3. The Morgan fingerprint density at radius 3 is 2.37 bits per heavy atom. The summed E-state index contributed by atoms with van der Waals surface area (Å²) in [5.41, 5.74) is 2.59. The Kier molecular flexibility index (Phi) is 7.49. The Balaban J connectivity index is 1.44. The van der Waals surface area contributed by atoms with Gasteiger partial charge in [-0.15, -0.1) is 0 Å². The molecule has 3 amide bonds. The summed E-state index contributed by atoms with van der Waals surface area (Å²) in [4.78, 5) is 42.6. The summed E-state index contributed by atoms with van der Waals surface area (Å²) in [5.74, 6) is 0.0612. The predicted octanol–water partition coefficient (Wildman–Crippen LogP) is 4.77. The minimum absolute atomic E-state index is 0.0215. The first kappa shape index (κ1) is 24.5. The lowest BCUT2D eigenvalue weighted by molar-refractivity contribution is -0.140. The second-order valence-electron chi connectivity index (χ2n) is 9.56. The number of carbonyl (C=O) groups excluding carboxylic acids is 3. The first-order valence-corrected chi connectivity index (χ1v) is 12.3. The molecule has 6 nitrogen and oxygen atoms in total. The van der Waals surface area contributed by atoms with Crippen molar-refractivity contribution in [1.29, 1.82) is 0 Å². The maximum atomic E-state index is 13.3. The molecule has 1 aliphatic heterocycles. The Bertz CT molecular complexity index is 1220. The van der Waals surface area contributed by atoms with Crippen LogP contribution in [0.3, 0.4) is 0 Å². The molecule has 1 heterocycles. The van der Waals surface area contributed by atoms with Crippen molar-refractivity contribution in [1.82, 2.24) is 10.2 Å². The number of hydrogen-bond donors (Lipinski definition) is 1. The SMILES string of the molecule is CC(C)CNC(=O)C(C)N(Cc1ccccc1)C(=O)CCCN1C(=O)c2cccc3cccc1c23. The van der Waals surface area contributed by atoms with Crippen molar-refractivity contribution in [2.45, 2.75) is 46.2 Å². The van der Waals surface area contributed by atoms with Crippen LogP contribution in [0.25, 0.3) is 10.8 Å². The van der Waals surface area contributed by atoms with Gasteiger partial charge in [0.1, 0.15) is 6.04 Å². The first-order chi connectivity index (χ1) is 16.9. The number of hydrogen-bond acceptors (Lipinski definition) is 3. The summed E-state index contributed by atoms with van der Waals surface area (Å²) >= 11 is 0. The number of nitrogens with zero attached hydrogens (tertiary/aromatic N) is 2. The molecule has 4 rings (SSSR count). The third kappa shape index (κ3) is 5.37. The van der Waals surface area contributed by atoms with Crippen LogP contribution in [0.2, 0.25) is 0 Å². The van der Waals surface area contributed by atoms with E-state index in [0.717, 1.165) is 22.0 Å². The van der Waals surface area contributed by atoms with E-state index in [1.54, 1.807) is 16.7 Å². The summed E-state index contributed by atoms with van der Waals surface area (Å²) in [6.07, 6.45) is 0.769. The van der Waals surface area contributed by atoms with E-state index in [2.05, 4.69) is 5.32 Å². The standard InChI is InChI=1S/C29H33N3O3/c1-20(2)18-30-28(34)21(3)32(19-22-10-5-4-6-11-22)26(33)16-9-17-31-25-15-8-13-23-12-7-14-24(27(23)25)29(31)35/h4-8,10-15,20-21H,9,16-19H2,1-3H3,(H,30,34).